The zero-order valence-electron chi connectivity index (χ0n) is 17.1. The van der Waals surface area contributed by atoms with E-state index in [1.807, 2.05) is 55.5 Å². The van der Waals surface area contributed by atoms with Crippen LogP contribution in [-0.2, 0) is 17.8 Å². The summed E-state index contributed by atoms with van der Waals surface area (Å²) in [5.41, 5.74) is 1.87. The van der Waals surface area contributed by atoms with Gasteiger partial charge in [-0.2, -0.15) is 0 Å². The zero-order valence-corrected chi connectivity index (χ0v) is 18.8. The highest BCUT2D eigenvalue weighted by Gasteiger charge is 2.39. The van der Waals surface area contributed by atoms with E-state index in [1.165, 1.54) is 23.1 Å². The second-order valence-corrected chi connectivity index (χ2v) is 9.02. The van der Waals surface area contributed by atoms with Crippen molar-refractivity contribution in [2.75, 3.05) is 7.11 Å². The fraction of sp³-hybridized carbons (Fsp3) is 0.217. The molecule has 3 aromatic rings. The highest BCUT2D eigenvalue weighted by molar-refractivity contribution is 8.19. The molecule has 0 radical (unpaired) electrons. The minimum atomic E-state index is -0.649. The third kappa shape index (κ3) is 4.70. The molecule has 1 aliphatic heterocycles. The standard InChI is InChI=1S/C23H21N3O3S2/c1-3-19-25-26-23(31-19)20-21(27)18(30-22(20)24)12-15-9-10-16(17(11-15)28-2)29-13-14-7-5-4-6-8-14/h4-12,20,24H,3,13H2,1-2H3/b18-12-,24-22?/t20-/m0/s1. The van der Waals surface area contributed by atoms with Crippen LogP contribution in [0.4, 0.5) is 0 Å². The number of methoxy groups -OCH3 is 1. The summed E-state index contributed by atoms with van der Waals surface area (Å²) in [6.45, 7) is 2.43. The van der Waals surface area contributed by atoms with Crippen molar-refractivity contribution in [1.82, 2.24) is 10.2 Å². The van der Waals surface area contributed by atoms with Crippen molar-refractivity contribution < 1.29 is 14.3 Å². The Labute approximate surface area is 188 Å². The first-order valence-corrected chi connectivity index (χ1v) is 11.4. The minimum absolute atomic E-state index is 0.114. The number of carbonyl (C=O) groups excluding carboxylic acids is 1. The Balaban J connectivity index is 1.52. The number of hydrogen-bond acceptors (Lipinski definition) is 8. The fourth-order valence-electron chi connectivity index (χ4n) is 3.12. The largest absolute Gasteiger partial charge is 0.493 e. The van der Waals surface area contributed by atoms with Crippen molar-refractivity contribution in [3.8, 4) is 11.5 Å². The van der Waals surface area contributed by atoms with Gasteiger partial charge in [0.15, 0.2) is 17.3 Å². The van der Waals surface area contributed by atoms with Crippen molar-refractivity contribution in [3.63, 3.8) is 0 Å². The third-order valence-electron chi connectivity index (χ3n) is 4.74. The van der Waals surface area contributed by atoms with Gasteiger partial charge < -0.3 is 9.47 Å². The highest BCUT2D eigenvalue weighted by atomic mass is 32.2. The van der Waals surface area contributed by atoms with Gasteiger partial charge in [0.25, 0.3) is 0 Å². The van der Waals surface area contributed by atoms with E-state index in [2.05, 4.69) is 10.2 Å². The number of ether oxygens (including phenoxy) is 2. The van der Waals surface area contributed by atoms with Crippen LogP contribution in [0.25, 0.3) is 6.08 Å². The molecule has 4 rings (SSSR count). The normalized spacial score (nSPS) is 17.4. The number of hydrogen-bond donors (Lipinski definition) is 1. The van der Waals surface area contributed by atoms with Crippen molar-refractivity contribution in [2.45, 2.75) is 25.9 Å². The van der Waals surface area contributed by atoms with E-state index >= 15 is 0 Å². The molecular weight excluding hydrogens is 430 g/mol. The summed E-state index contributed by atoms with van der Waals surface area (Å²) in [5, 5.41) is 18.2. The van der Waals surface area contributed by atoms with Gasteiger partial charge in [-0.3, -0.25) is 10.2 Å². The second-order valence-electron chi connectivity index (χ2n) is 6.84. The molecule has 0 bridgehead atoms. The van der Waals surface area contributed by atoms with E-state index in [0.717, 1.165) is 22.6 Å². The smallest absolute Gasteiger partial charge is 0.186 e. The fourth-order valence-corrected chi connectivity index (χ4v) is 5.07. The molecule has 1 fully saturated rings. The van der Waals surface area contributed by atoms with Gasteiger partial charge in [-0.05, 0) is 35.8 Å². The molecule has 0 spiro atoms. The van der Waals surface area contributed by atoms with Crippen molar-refractivity contribution in [1.29, 1.82) is 5.41 Å². The van der Waals surface area contributed by atoms with E-state index in [4.69, 9.17) is 14.9 Å². The molecule has 1 aromatic heterocycles. The Morgan fingerprint density at radius 2 is 1.94 bits per heavy atom. The first-order valence-electron chi connectivity index (χ1n) is 9.78. The van der Waals surface area contributed by atoms with Gasteiger partial charge in [0.05, 0.1) is 17.1 Å². The number of thioether (sulfide) groups is 1. The molecule has 1 saturated heterocycles. The minimum Gasteiger partial charge on any atom is -0.493 e. The number of Topliss-reactive ketones (excluding diaryl/α,β-unsaturated/α-hetero) is 1. The number of nitrogens with zero attached hydrogens (tertiary/aromatic N) is 2. The predicted molar refractivity (Wildman–Crippen MR) is 124 cm³/mol. The molecule has 0 aliphatic carbocycles. The molecule has 31 heavy (non-hydrogen) atoms. The van der Waals surface area contributed by atoms with Crippen LogP contribution >= 0.6 is 23.1 Å². The quantitative estimate of drug-likeness (QED) is 0.503. The Bertz CT molecular complexity index is 1140. The number of carbonyl (C=O) groups is 1. The topological polar surface area (TPSA) is 85.2 Å². The van der Waals surface area contributed by atoms with E-state index < -0.39 is 5.92 Å². The van der Waals surface area contributed by atoms with Gasteiger partial charge in [-0.15, -0.1) is 21.5 Å². The van der Waals surface area contributed by atoms with Crippen LogP contribution < -0.4 is 9.47 Å². The lowest BCUT2D eigenvalue weighted by Gasteiger charge is -2.11. The lowest BCUT2D eigenvalue weighted by molar-refractivity contribution is -0.114. The van der Waals surface area contributed by atoms with E-state index in [-0.39, 0.29) is 10.8 Å². The lowest BCUT2D eigenvalue weighted by atomic mass is 10.1. The summed E-state index contributed by atoms with van der Waals surface area (Å²) in [5.74, 6) is 0.455. The average Bonchev–Trinajstić information content (AvgIpc) is 3.37. The molecule has 1 N–H and O–H groups in total. The molecule has 2 aromatic carbocycles. The number of aromatic nitrogens is 2. The number of aryl methyl sites for hydroxylation is 1. The van der Waals surface area contributed by atoms with Gasteiger partial charge >= 0.3 is 0 Å². The van der Waals surface area contributed by atoms with Crippen LogP contribution in [0.15, 0.2) is 53.4 Å². The molecule has 8 heteroatoms. The number of allylic oxidation sites excluding steroid dienone is 1. The van der Waals surface area contributed by atoms with Crippen molar-refractivity contribution in [3.05, 3.63) is 74.6 Å². The maximum Gasteiger partial charge on any atom is 0.186 e. The van der Waals surface area contributed by atoms with E-state index in [9.17, 15) is 4.79 Å². The zero-order chi connectivity index (χ0) is 21.8. The second kappa shape index (κ2) is 9.45. The molecule has 1 atom stereocenters. The van der Waals surface area contributed by atoms with Crippen LogP contribution in [0.1, 0.15) is 34.0 Å². The van der Waals surface area contributed by atoms with Gasteiger partial charge in [-0.1, -0.05) is 55.1 Å². The van der Waals surface area contributed by atoms with Crippen molar-refractivity contribution in [2.24, 2.45) is 0 Å². The summed E-state index contributed by atoms with van der Waals surface area (Å²) in [6, 6.07) is 15.4. The predicted octanol–water partition coefficient (Wildman–Crippen LogP) is 5.11. The molecule has 158 valence electrons. The van der Waals surface area contributed by atoms with E-state index in [1.54, 1.807) is 13.2 Å². The molecule has 2 heterocycles. The number of nitrogens with one attached hydrogen (secondary N) is 1. The first kappa shape index (κ1) is 21.3. The summed E-state index contributed by atoms with van der Waals surface area (Å²) in [4.78, 5) is 13.5. The molecule has 0 unspecified atom stereocenters. The molecule has 0 saturated carbocycles. The Kier molecular flexibility index (Phi) is 6.48. The number of rotatable bonds is 7. The molecule has 6 nitrogen and oxygen atoms in total. The van der Waals surface area contributed by atoms with Crippen LogP contribution in [0.5, 0.6) is 11.5 Å². The first-order chi connectivity index (χ1) is 15.1. The molecular formula is C23H21N3O3S2. The van der Waals surface area contributed by atoms with Crippen LogP contribution in [0.3, 0.4) is 0 Å². The molecule has 1 aliphatic rings. The highest BCUT2D eigenvalue weighted by Crippen LogP contribution is 2.42. The maximum atomic E-state index is 13.0. The SMILES string of the molecule is CCc1nnc([C@@H]2C(=N)S/C(=C\c3ccc(OCc4ccccc4)c(OC)c3)C2=O)s1. The maximum absolute atomic E-state index is 13.0. The third-order valence-corrected chi connectivity index (χ3v) is 6.87. The number of benzene rings is 2. The molecule has 0 amide bonds. The van der Waals surface area contributed by atoms with Crippen LogP contribution in [-0.4, -0.2) is 28.1 Å². The number of ketones is 1. The summed E-state index contributed by atoms with van der Waals surface area (Å²) >= 11 is 2.57. The van der Waals surface area contributed by atoms with Crippen LogP contribution in [0, 0.1) is 5.41 Å². The van der Waals surface area contributed by atoms with Gasteiger partial charge in [0.1, 0.15) is 22.5 Å². The summed E-state index contributed by atoms with van der Waals surface area (Å²) in [6.07, 6.45) is 2.55. The summed E-state index contributed by atoms with van der Waals surface area (Å²) < 4.78 is 11.4. The Morgan fingerprint density at radius 3 is 2.65 bits per heavy atom. The Morgan fingerprint density at radius 1 is 1.13 bits per heavy atom. The van der Waals surface area contributed by atoms with Gasteiger partial charge in [0, 0.05) is 0 Å². The summed E-state index contributed by atoms with van der Waals surface area (Å²) in [7, 11) is 1.59. The monoisotopic (exact) mass is 451 g/mol. The Hall–Kier alpha value is -2.97. The lowest BCUT2D eigenvalue weighted by Crippen LogP contribution is -2.11. The van der Waals surface area contributed by atoms with Gasteiger partial charge in [0.2, 0.25) is 0 Å². The van der Waals surface area contributed by atoms with Gasteiger partial charge in [-0.25, -0.2) is 0 Å². The van der Waals surface area contributed by atoms with Crippen molar-refractivity contribution >= 4 is 40.0 Å². The van der Waals surface area contributed by atoms with E-state index in [0.29, 0.717) is 28.0 Å². The van der Waals surface area contributed by atoms with Crippen LogP contribution in [0.2, 0.25) is 0 Å². The average molecular weight is 452 g/mol.